The zero-order chi connectivity index (χ0) is 28.9. The van der Waals surface area contributed by atoms with Gasteiger partial charge >= 0.3 is 6.09 Å². The first-order valence-corrected chi connectivity index (χ1v) is 13.8. The smallest absolute Gasteiger partial charge is 0.435 e. The van der Waals surface area contributed by atoms with Crippen LogP contribution >= 0.6 is 11.8 Å². The van der Waals surface area contributed by atoms with Crippen LogP contribution in [0.1, 0.15) is 21.7 Å². The summed E-state index contributed by atoms with van der Waals surface area (Å²) < 4.78 is 22.5. The molecule has 0 bridgehead atoms. The molecule has 2 aromatic heterocycles. The van der Waals surface area contributed by atoms with Gasteiger partial charge in [0.25, 0.3) is 5.91 Å². The Hall–Kier alpha value is -4.03. The van der Waals surface area contributed by atoms with Crippen molar-refractivity contribution in [1.82, 2.24) is 20.1 Å². The van der Waals surface area contributed by atoms with E-state index in [1.165, 1.54) is 16.4 Å². The number of fused-ring (bicyclic) bond motifs is 1. The number of pyridine rings is 1. The van der Waals surface area contributed by atoms with Gasteiger partial charge in [0, 0.05) is 35.5 Å². The molecular weight excluding hydrogens is 544 g/mol. The average Bonchev–Trinajstić information content (AvgIpc) is 3.37. The van der Waals surface area contributed by atoms with Crippen molar-refractivity contribution in [3.63, 3.8) is 0 Å². The molecule has 0 aliphatic carbocycles. The molecule has 1 N–H and O–H groups in total. The number of rotatable bonds is 14. The van der Waals surface area contributed by atoms with E-state index in [0.717, 1.165) is 20.9 Å². The fraction of sp³-hybridized carbons (Fsp3) is 0.267. The maximum atomic E-state index is 13.1. The second-order valence-corrected chi connectivity index (χ2v) is 9.69. The van der Waals surface area contributed by atoms with Gasteiger partial charge in [-0.1, -0.05) is 30.0 Å². The highest BCUT2D eigenvalue weighted by Crippen LogP contribution is 2.33. The van der Waals surface area contributed by atoms with Crippen molar-refractivity contribution in [1.29, 1.82) is 0 Å². The Kier molecular flexibility index (Phi) is 11.4. The van der Waals surface area contributed by atoms with Crippen LogP contribution in [0.2, 0.25) is 0 Å². The maximum absolute atomic E-state index is 13.1. The lowest BCUT2D eigenvalue weighted by Gasteiger charge is -2.09. The fourth-order valence-corrected chi connectivity index (χ4v) is 4.78. The summed E-state index contributed by atoms with van der Waals surface area (Å²) in [6.07, 6.45) is 4.74. The molecule has 1 amide bonds. The van der Waals surface area contributed by atoms with Crippen LogP contribution in [0.25, 0.3) is 23.1 Å². The summed E-state index contributed by atoms with van der Waals surface area (Å²) in [4.78, 5) is 31.4. The molecule has 4 rings (SSSR count). The lowest BCUT2D eigenvalue weighted by molar-refractivity contribution is 0.0130. The number of aromatic nitrogens is 3. The van der Waals surface area contributed by atoms with E-state index in [1.807, 2.05) is 66.7 Å². The summed E-state index contributed by atoms with van der Waals surface area (Å²) in [5, 5.41) is 7.99. The molecule has 41 heavy (non-hydrogen) atoms. The van der Waals surface area contributed by atoms with E-state index in [0.29, 0.717) is 43.2 Å². The highest BCUT2D eigenvalue weighted by atomic mass is 32.2. The minimum absolute atomic E-state index is 0.0608. The minimum Gasteiger partial charge on any atom is -0.445 e. The molecule has 0 radical (unpaired) electrons. The highest BCUT2D eigenvalue weighted by molar-refractivity contribution is 7.99. The van der Waals surface area contributed by atoms with Crippen molar-refractivity contribution in [2.24, 2.45) is 0 Å². The van der Waals surface area contributed by atoms with Gasteiger partial charge in [0.1, 0.15) is 6.61 Å². The predicted octanol–water partition coefficient (Wildman–Crippen LogP) is 4.78. The van der Waals surface area contributed by atoms with Crippen LogP contribution in [0.3, 0.4) is 0 Å². The highest BCUT2D eigenvalue weighted by Gasteiger charge is 2.18. The third-order valence-corrected chi connectivity index (χ3v) is 6.86. The zero-order valence-electron chi connectivity index (χ0n) is 22.9. The molecule has 0 aliphatic heterocycles. The standard InChI is InChI=1S/C30H32N4O6S/c1-31-29(35)25-8-3-4-9-28(25)41-23-11-12-24-26(13-10-22-7-5-6-14-32-22)33-34(27(24)21-23)30(36)40-20-19-39-18-17-38-16-15-37-2/h3-14,21H,15-20H2,1-2H3,(H,31,35)/b13-10+. The van der Waals surface area contributed by atoms with Crippen LogP contribution in [0.4, 0.5) is 4.79 Å². The van der Waals surface area contributed by atoms with Crippen molar-refractivity contribution in [2.75, 3.05) is 53.8 Å². The summed E-state index contributed by atoms with van der Waals surface area (Å²) in [7, 11) is 3.21. The van der Waals surface area contributed by atoms with E-state index < -0.39 is 6.09 Å². The molecule has 11 heteroatoms. The third kappa shape index (κ3) is 8.48. The monoisotopic (exact) mass is 576 g/mol. The topological polar surface area (TPSA) is 114 Å². The van der Waals surface area contributed by atoms with Gasteiger partial charge in [-0.05, 0) is 54.6 Å². The van der Waals surface area contributed by atoms with E-state index >= 15 is 0 Å². The quantitative estimate of drug-likeness (QED) is 0.212. The largest absolute Gasteiger partial charge is 0.445 e. The van der Waals surface area contributed by atoms with E-state index in [9.17, 15) is 9.59 Å². The van der Waals surface area contributed by atoms with Gasteiger partial charge in [-0.25, -0.2) is 4.79 Å². The number of hydrogen-bond acceptors (Lipinski definition) is 9. The fourth-order valence-electron chi connectivity index (χ4n) is 3.80. The Morgan fingerprint density at radius 2 is 1.68 bits per heavy atom. The lowest BCUT2D eigenvalue weighted by Crippen LogP contribution is -2.19. The molecule has 0 saturated heterocycles. The van der Waals surface area contributed by atoms with Gasteiger partial charge < -0.3 is 24.3 Å². The molecule has 0 aliphatic rings. The van der Waals surface area contributed by atoms with Crippen molar-refractivity contribution in [2.45, 2.75) is 9.79 Å². The van der Waals surface area contributed by atoms with Crippen molar-refractivity contribution in [3.05, 3.63) is 83.8 Å². The number of carbonyl (C=O) groups excluding carboxylic acids is 2. The van der Waals surface area contributed by atoms with Gasteiger partial charge in [-0.3, -0.25) is 9.78 Å². The average molecular weight is 577 g/mol. The Bertz CT molecular complexity index is 1470. The van der Waals surface area contributed by atoms with Gasteiger partial charge in [0.05, 0.1) is 55.5 Å². The molecule has 0 spiro atoms. The van der Waals surface area contributed by atoms with Crippen LogP contribution in [0, 0.1) is 0 Å². The molecule has 0 atom stereocenters. The third-order valence-electron chi connectivity index (χ3n) is 5.80. The minimum atomic E-state index is -0.625. The zero-order valence-corrected chi connectivity index (χ0v) is 23.8. The van der Waals surface area contributed by atoms with Crippen LogP contribution in [-0.4, -0.2) is 80.6 Å². The van der Waals surface area contributed by atoms with Crippen LogP contribution < -0.4 is 5.32 Å². The van der Waals surface area contributed by atoms with E-state index in [2.05, 4.69) is 15.4 Å². The molecule has 4 aromatic rings. The Labute approximate surface area is 242 Å². The van der Waals surface area contributed by atoms with Gasteiger partial charge in [-0.2, -0.15) is 9.78 Å². The first-order chi connectivity index (χ1) is 20.1. The number of nitrogens with zero attached hydrogens (tertiary/aromatic N) is 3. The first kappa shape index (κ1) is 29.9. The second kappa shape index (κ2) is 15.7. The molecule has 0 unspecified atom stereocenters. The van der Waals surface area contributed by atoms with Crippen LogP contribution in [0.5, 0.6) is 0 Å². The Morgan fingerprint density at radius 3 is 2.44 bits per heavy atom. The van der Waals surface area contributed by atoms with Crippen molar-refractivity contribution < 1.29 is 28.5 Å². The summed E-state index contributed by atoms with van der Waals surface area (Å²) >= 11 is 1.42. The number of methoxy groups -OCH3 is 1. The van der Waals surface area contributed by atoms with Gasteiger partial charge in [0.2, 0.25) is 0 Å². The van der Waals surface area contributed by atoms with E-state index in [4.69, 9.17) is 18.9 Å². The number of ether oxygens (including phenoxy) is 4. The lowest BCUT2D eigenvalue weighted by atomic mass is 10.2. The number of benzene rings is 2. The van der Waals surface area contributed by atoms with Gasteiger partial charge in [-0.15, -0.1) is 0 Å². The first-order valence-electron chi connectivity index (χ1n) is 13.0. The summed E-state index contributed by atoms with van der Waals surface area (Å²) in [5.74, 6) is -0.173. The molecule has 214 valence electrons. The normalized spacial score (nSPS) is 11.3. The molecule has 0 saturated carbocycles. The number of amides is 1. The Balaban J connectivity index is 1.53. The molecular formula is C30H32N4O6S. The number of hydrogen-bond donors (Lipinski definition) is 1. The van der Waals surface area contributed by atoms with Crippen molar-refractivity contribution >= 4 is 46.8 Å². The van der Waals surface area contributed by atoms with Crippen molar-refractivity contribution in [3.8, 4) is 0 Å². The number of nitrogens with one attached hydrogen (secondary N) is 1. The Morgan fingerprint density at radius 1 is 0.927 bits per heavy atom. The summed E-state index contributed by atoms with van der Waals surface area (Å²) in [6, 6.07) is 18.7. The second-order valence-electron chi connectivity index (χ2n) is 8.57. The SMILES string of the molecule is CNC(=O)c1ccccc1Sc1ccc2c(/C=C/c3ccccn3)nn(C(=O)OCCOCCOCCOC)c2c1. The van der Waals surface area contributed by atoms with E-state index in [1.54, 1.807) is 26.4 Å². The molecule has 0 fully saturated rings. The number of carbonyl (C=O) groups is 2. The molecule has 2 heterocycles. The molecule has 10 nitrogen and oxygen atoms in total. The maximum Gasteiger partial charge on any atom is 0.435 e. The predicted molar refractivity (Wildman–Crippen MR) is 157 cm³/mol. The van der Waals surface area contributed by atoms with E-state index in [-0.39, 0.29) is 19.1 Å². The van der Waals surface area contributed by atoms with Crippen LogP contribution in [0.15, 0.2) is 76.7 Å². The van der Waals surface area contributed by atoms with Crippen LogP contribution in [-0.2, 0) is 18.9 Å². The molecule has 2 aromatic carbocycles. The summed E-state index contributed by atoms with van der Waals surface area (Å²) in [5.41, 5.74) is 2.50. The van der Waals surface area contributed by atoms with Gasteiger partial charge in [0.15, 0.2) is 0 Å². The summed E-state index contributed by atoms with van der Waals surface area (Å²) in [6.45, 7) is 2.11.